The van der Waals surface area contributed by atoms with Crippen LogP contribution < -0.4 is 5.32 Å². The largest absolute Gasteiger partial charge is 0.375 e. The second-order valence-electron chi connectivity index (χ2n) is 6.62. The van der Waals surface area contributed by atoms with Gasteiger partial charge in [-0.05, 0) is 37.7 Å². The Bertz CT molecular complexity index is 787. The lowest BCUT2D eigenvalue weighted by atomic mass is 10.0. The quantitative estimate of drug-likeness (QED) is 0.841. The SMILES string of the molecule is FC(COC1CCC(Nc2ncnc3[nH]ncc23)C1)C1=CCCC=C1. The van der Waals surface area contributed by atoms with Crippen LogP contribution in [0.5, 0.6) is 0 Å². The van der Waals surface area contributed by atoms with E-state index in [4.69, 9.17) is 4.74 Å². The third-order valence-corrected chi connectivity index (χ3v) is 4.84. The number of aromatic nitrogens is 4. The summed E-state index contributed by atoms with van der Waals surface area (Å²) in [7, 11) is 0. The van der Waals surface area contributed by atoms with E-state index in [2.05, 4.69) is 25.5 Å². The standard InChI is InChI=1S/C18H22FN5O/c19-16(12-4-2-1-3-5-12)10-25-14-7-6-13(8-14)23-17-15-9-22-24-18(15)21-11-20-17/h2,4-5,9,11,13-14,16H,1,3,6-8,10H2,(H2,20,21,22,23,24). The van der Waals surface area contributed by atoms with E-state index in [9.17, 15) is 4.39 Å². The Kier molecular flexibility index (Phi) is 4.74. The van der Waals surface area contributed by atoms with Crippen molar-refractivity contribution in [2.45, 2.75) is 50.4 Å². The average Bonchev–Trinajstić information content (AvgIpc) is 3.30. The Balaban J connectivity index is 1.29. The second kappa shape index (κ2) is 7.31. The van der Waals surface area contributed by atoms with Crippen molar-refractivity contribution in [2.24, 2.45) is 0 Å². The lowest BCUT2D eigenvalue weighted by Gasteiger charge is -2.17. The van der Waals surface area contributed by atoms with Gasteiger partial charge in [-0.1, -0.05) is 18.2 Å². The normalized spacial score (nSPS) is 24.4. The first kappa shape index (κ1) is 16.2. The molecule has 3 atom stereocenters. The van der Waals surface area contributed by atoms with Crippen molar-refractivity contribution in [2.75, 3.05) is 11.9 Å². The highest BCUT2D eigenvalue weighted by atomic mass is 19.1. The minimum atomic E-state index is -1.03. The van der Waals surface area contributed by atoms with Crippen molar-refractivity contribution in [3.05, 3.63) is 36.3 Å². The molecule has 1 fully saturated rings. The Morgan fingerprint density at radius 3 is 3.16 bits per heavy atom. The van der Waals surface area contributed by atoms with Gasteiger partial charge in [-0.25, -0.2) is 14.4 Å². The smallest absolute Gasteiger partial charge is 0.160 e. The van der Waals surface area contributed by atoms with E-state index >= 15 is 0 Å². The molecule has 6 nitrogen and oxygen atoms in total. The number of hydrogen-bond acceptors (Lipinski definition) is 5. The molecule has 0 aromatic carbocycles. The van der Waals surface area contributed by atoms with Crippen LogP contribution in [0.2, 0.25) is 0 Å². The molecule has 2 aromatic heterocycles. The minimum Gasteiger partial charge on any atom is -0.375 e. The summed E-state index contributed by atoms with van der Waals surface area (Å²) in [6, 6.07) is 0.268. The fourth-order valence-electron chi connectivity index (χ4n) is 3.48. The van der Waals surface area contributed by atoms with E-state index in [0.717, 1.165) is 54.5 Å². The Morgan fingerprint density at radius 1 is 1.32 bits per heavy atom. The van der Waals surface area contributed by atoms with Gasteiger partial charge in [-0.3, -0.25) is 5.10 Å². The van der Waals surface area contributed by atoms with Gasteiger partial charge in [0.1, 0.15) is 18.3 Å². The third-order valence-electron chi connectivity index (χ3n) is 4.84. The van der Waals surface area contributed by atoms with Gasteiger partial charge in [0, 0.05) is 6.04 Å². The molecule has 2 aromatic rings. The van der Waals surface area contributed by atoms with E-state index < -0.39 is 6.17 Å². The fourth-order valence-corrected chi connectivity index (χ4v) is 3.48. The maximum Gasteiger partial charge on any atom is 0.160 e. The van der Waals surface area contributed by atoms with Crippen LogP contribution in [0.4, 0.5) is 10.2 Å². The first-order chi connectivity index (χ1) is 12.3. The van der Waals surface area contributed by atoms with Crippen LogP contribution in [0.1, 0.15) is 32.1 Å². The number of halogens is 1. The minimum absolute atomic E-state index is 0.0885. The first-order valence-corrected chi connectivity index (χ1v) is 8.82. The molecule has 2 aliphatic rings. The van der Waals surface area contributed by atoms with Crippen LogP contribution >= 0.6 is 0 Å². The summed E-state index contributed by atoms with van der Waals surface area (Å²) in [6.07, 6.45) is 12.8. The molecule has 0 radical (unpaired) electrons. The van der Waals surface area contributed by atoms with Crippen LogP contribution in [-0.2, 0) is 4.74 Å². The lowest BCUT2D eigenvalue weighted by Crippen LogP contribution is -2.21. The molecule has 0 aliphatic heterocycles. The molecule has 0 spiro atoms. The number of allylic oxidation sites excluding steroid dienone is 3. The Morgan fingerprint density at radius 2 is 2.28 bits per heavy atom. The number of fused-ring (bicyclic) bond motifs is 1. The summed E-state index contributed by atoms with van der Waals surface area (Å²) in [5.74, 6) is 0.783. The highest BCUT2D eigenvalue weighted by Gasteiger charge is 2.27. The number of rotatable bonds is 6. The molecule has 0 amide bonds. The number of ether oxygens (including phenoxy) is 1. The number of nitrogens with one attached hydrogen (secondary N) is 2. The van der Waals surface area contributed by atoms with E-state index in [-0.39, 0.29) is 18.8 Å². The van der Waals surface area contributed by atoms with Crippen molar-refractivity contribution in [1.29, 1.82) is 0 Å². The predicted molar refractivity (Wildman–Crippen MR) is 94.0 cm³/mol. The molecular weight excluding hydrogens is 321 g/mol. The summed E-state index contributed by atoms with van der Waals surface area (Å²) >= 11 is 0. The van der Waals surface area contributed by atoms with Gasteiger partial charge < -0.3 is 10.1 Å². The van der Waals surface area contributed by atoms with E-state index in [1.807, 2.05) is 18.2 Å². The van der Waals surface area contributed by atoms with Crippen molar-refractivity contribution in [3.63, 3.8) is 0 Å². The van der Waals surface area contributed by atoms with Crippen molar-refractivity contribution in [1.82, 2.24) is 20.2 Å². The zero-order chi connectivity index (χ0) is 17.1. The molecule has 7 heteroatoms. The van der Waals surface area contributed by atoms with Gasteiger partial charge in [0.25, 0.3) is 0 Å². The van der Waals surface area contributed by atoms with Crippen LogP contribution in [0.25, 0.3) is 11.0 Å². The van der Waals surface area contributed by atoms with Crippen LogP contribution in [0.3, 0.4) is 0 Å². The van der Waals surface area contributed by atoms with Gasteiger partial charge in [-0.2, -0.15) is 5.10 Å². The number of anilines is 1. The highest BCUT2D eigenvalue weighted by molar-refractivity contribution is 5.85. The molecular formula is C18H22FN5O. The molecule has 3 unspecified atom stereocenters. The predicted octanol–water partition coefficient (Wildman–Crippen LogP) is 3.32. The highest BCUT2D eigenvalue weighted by Crippen LogP contribution is 2.27. The topological polar surface area (TPSA) is 75.7 Å². The number of aromatic amines is 1. The van der Waals surface area contributed by atoms with Gasteiger partial charge in [0.05, 0.1) is 24.3 Å². The number of alkyl halides is 1. The zero-order valence-corrected chi connectivity index (χ0v) is 14.0. The number of hydrogen-bond donors (Lipinski definition) is 2. The summed E-state index contributed by atoms with van der Waals surface area (Å²) in [5.41, 5.74) is 1.47. The number of H-pyrrole nitrogens is 1. The molecule has 132 valence electrons. The van der Waals surface area contributed by atoms with Gasteiger partial charge in [0.15, 0.2) is 5.65 Å². The van der Waals surface area contributed by atoms with Crippen LogP contribution in [-0.4, -0.2) is 45.1 Å². The summed E-state index contributed by atoms with van der Waals surface area (Å²) in [4.78, 5) is 8.44. The zero-order valence-electron chi connectivity index (χ0n) is 14.0. The van der Waals surface area contributed by atoms with Crippen molar-refractivity contribution < 1.29 is 9.13 Å². The Labute approximate surface area is 145 Å². The maximum absolute atomic E-state index is 14.2. The van der Waals surface area contributed by atoms with Crippen molar-refractivity contribution >= 4 is 16.9 Å². The molecule has 0 saturated heterocycles. The fraction of sp³-hybridized carbons (Fsp3) is 0.500. The molecule has 2 N–H and O–H groups in total. The molecule has 2 heterocycles. The average molecular weight is 343 g/mol. The van der Waals surface area contributed by atoms with Gasteiger partial charge in [0.2, 0.25) is 0 Å². The molecule has 4 rings (SSSR count). The summed E-state index contributed by atoms with van der Waals surface area (Å²) in [5, 5.41) is 11.2. The summed E-state index contributed by atoms with van der Waals surface area (Å²) < 4.78 is 20.1. The second-order valence-corrected chi connectivity index (χ2v) is 6.62. The first-order valence-electron chi connectivity index (χ1n) is 8.82. The maximum atomic E-state index is 14.2. The summed E-state index contributed by atoms with van der Waals surface area (Å²) in [6.45, 7) is 0.132. The van der Waals surface area contributed by atoms with E-state index in [1.54, 1.807) is 6.20 Å². The van der Waals surface area contributed by atoms with Crippen molar-refractivity contribution in [3.8, 4) is 0 Å². The number of nitrogens with zero attached hydrogens (tertiary/aromatic N) is 3. The molecule has 1 saturated carbocycles. The molecule has 2 aliphatic carbocycles. The third kappa shape index (κ3) is 3.71. The molecule has 0 bridgehead atoms. The van der Waals surface area contributed by atoms with Crippen LogP contribution in [0, 0.1) is 0 Å². The van der Waals surface area contributed by atoms with E-state index in [0.29, 0.717) is 0 Å². The van der Waals surface area contributed by atoms with Gasteiger partial charge >= 0.3 is 0 Å². The monoisotopic (exact) mass is 343 g/mol. The van der Waals surface area contributed by atoms with Gasteiger partial charge in [-0.15, -0.1) is 0 Å². The molecule has 25 heavy (non-hydrogen) atoms. The Hall–Kier alpha value is -2.28. The van der Waals surface area contributed by atoms with Crippen LogP contribution in [0.15, 0.2) is 36.3 Å². The lowest BCUT2D eigenvalue weighted by molar-refractivity contribution is 0.0315. The van der Waals surface area contributed by atoms with E-state index in [1.165, 1.54) is 6.33 Å².